The second-order valence-electron chi connectivity index (χ2n) is 4.30. The van der Waals surface area contributed by atoms with Crippen LogP contribution in [0, 0.1) is 0 Å². The topological polar surface area (TPSA) is 54.6 Å². The number of ketones is 1. The van der Waals surface area contributed by atoms with Crippen molar-refractivity contribution in [3.05, 3.63) is 72.6 Å². The predicted octanol–water partition coefficient (Wildman–Crippen LogP) is 5.31. The molecular weight excluding hydrogens is 300 g/mol. The number of hydrogen-bond acceptors (Lipinski definition) is 3. The van der Waals surface area contributed by atoms with Crippen LogP contribution in [0.15, 0.2) is 67.1 Å². The molecule has 0 aliphatic rings. The van der Waals surface area contributed by atoms with Gasteiger partial charge >= 0.3 is 0 Å². The molecule has 3 rings (SSSR count). The van der Waals surface area contributed by atoms with Gasteiger partial charge in [0.1, 0.15) is 5.69 Å². The number of aromatic nitrogens is 2. The van der Waals surface area contributed by atoms with Crippen LogP contribution in [0.1, 0.15) is 38.1 Å². The maximum atomic E-state index is 12.2. The first kappa shape index (κ1) is 19.2. The first-order valence-electron chi connectivity index (χ1n) is 8.19. The van der Waals surface area contributed by atoms with Crippen molar-refractivity contribution in [2.75, 3.05) is 0 Å². The highest BCUT2D eigenvalue weighted by Gasteiger charge is 2.18. The van der Waals surface area contributed by atoms with Crippen LogP contribution < -0.4 is 0 Å². The van der Waals surface area contributed by atoms with E-state index in [0.29, 0.717) is 11.3 Å². The van der Waals surface area contributed by atoms with Crippen molar-refractivity contribution < 1.29 is 9.90 Å². The minimum absolute atomic E-state index is 0.271. The van der Waals surface area contributed by atoms with Crippen LogP contribution in [0.2, 0.25) is 0 Å². The molecule has 1 N–H and O–H groups in total. The summed E-state index contributed by atoms with van der Waals surface area (Å²) < 4.78 is 1.67. The largest absolute Gasteiger partial charge is 0.515 e. The van der Waals surface area contributed by atoms with Crippen molar-refractivity contribution >= 4 is 11.3 Å². The van der Waals surface area contributed by atoms with Gasteiger partial charge in [0.05, 0.1) is 17.3 Å². The molecule has 0 atom stereocenters. The Labute approximate surface area is 143 Å². The predicted molar refractivity (Wildman–Crippen MR) is 99.4 cm³/mol. The smallest absolute Gasteiger partial charge is 0.193 e. The summed E-state index contributed by atoms with van der Waals surface area (Å²) in [5, 5.41) is 13.3. The number of fused-ring (bicyclic) bond motifs is 1. The molecule has 4 heteroatoms. The Kier molecular flexibility index (Phi) is 7.99. The third-order valence-electron chi connectivity index (χ3n) is 3.06. The van der Waals surface area contributed by atoms with Gasteiger partial charge in [0.15, 0.2) is 5.78 Å². The van der Waals surface area contributed by atoms with E-state index in [1.165, 1.54) is 0 Å². The van der Waals surface area contributed by atoms with Crippen molar-refractivity contribution in [3.8, 4) is 11.3 Å². The number of aliphatic hydroxyl groups is 1. The van der Waals surface area contributed by atoms with Gasteiger partial charge in [0, 0.05) is 17.8 Å². The fourth-order valence-corrected chi connectivity index (χ4v) is 2.19. The van der Waals surface area contributed by atoms with Gasteiger partial charge in [-0.25, -0.2) is 4.52 Å². The zero-order chi connectivity index (χ0) is 17.9. The second kappa shape index (κ2) is 10.0. The van der Waals surface area contributed by atoms with Gasteiger partial charge in [0.25, 0.3) is 0 Å². The molecule has 2 aromatic heterocycles. The average Bonchev–Trinajstić information content (AvgIpc) is 3.05. The molecule has 4 nitrogen and oxygen atoms in total. The van der Waals surface area contributed by atoms with Gasteiger partial charge in [-0.3, -0.25) is 4.79 Å². The Morgan fingerprint density at radius 2 is 1.62 bits per heavy atom. The minimum Gasteiger partial charge on any atom is -0.515 e. The molecule has 0 saturated heterocycles. The SMILES string of the molecule is CC.CC.O=C(C=CO)c1c(-c2ccccc2)nn2ccccc12. The lowest BCUT2D eigenvalue weighted by atomic mass is 10.0. The number of nitrogens with zero attached hydrogens (tertiary/aromatic N) is 2. The fourth-order valence-electron chi connectivity index (χ4n) is 2.19. The summed E-state index contributed by atoms with van der Waals surface area (Å²) in [6.07, 6.45) is 3.68. The number of pyridine rings is 1. The van der Waals surface area contributed by atoms with Crippen LogP contribution in [-0.2, 0) is 0 Å². The van der Waals surface area contributed by atoms with E-state index in [0.717, 1.165) is 23.4 Å². The highest BCUT2D eigenvalue weighted by Crippen LogP contribution is 2.26. The number of carbonyl (C=O) groups is 1. The van der Waals surface area contributed by atoms with Gasteiger partial charge in [-0.15, -0.1) is 0 Å². The maximum Gasteiger partial charge on any atom is 0.193 e. The fraction of sp³-hybridized carbons (Fsp3) is 0.200. The quantitative estimate of drug-likeness (QED) is 0.403. The molecule has 0 spiro atoms. The van der Waals surface area contributed by atoms with Crippen LogP contribution in [0.25, 0.3) is 16.8 Å². The molecule has 0 aliphatic heterocycles. The molecule has 0 bridgehead atoms. The van der Waals surface area contributed by atoms with Crippen molar-refractivity contribution in [2.45, 2.75) is 27.7 Å². The molecule has 126 valence electrons. The maximum absolute atomic E-state index is 12.2. The van der Waals surface area contributed by atoms with E-state index in [4.69, 9.17) is 5.11 Å². The molecule has 2 heterocycles. The number of hydrogen-bond donors (Lipinski definition) is 1. The highest BCUT2D eigenvalue weighted by atomic mass is 16.2. The van der Waals surface area contributed by atoms with Crippen molar-refractivity contribution in [2.24, 2.45) is 0 Å². The van der Waals surface area contributed by atoms with Gasteiger partial charge < -0.3 is 5.11 Å². The molecule has 0 unspecified atom stereocenters. The van der Waals surface area contributed by atoms with E-state index in [2.05, 4.69) is 5.10 Å². The second-order valence-corrected chi connectivity index (χ2v) is 4.30. The number of allylic oxidation sites excluding steroid dienone is 1. The molecule has 1 aromatic carbocycles. The van der Waals surface area contributed by atoms with E-state index >= 15 is 0 Å². The minimum atomic E-state index is -0.271. The van der Waals surface area contributed by atoms with Crippen LogP contribution in [0.3, 0.4) is 0 Å². The molecule has 0 fully saturated rings. The monoisotopic (exact) mass is 324 g/mol. The van der Waals surface area contributed by atoms with Gasteiger partial charge in [-0.1, -0.05) is 64.1 Å². The van der Waals surface area contributed by atoms with E-state index in [-0.39, 0.29) is 5.78 Å². The molecule has 0 aliphatic carbocycles. The van der Waals surface area contributed by atoms with E-state index < -0.39 is 0 Å². The Balaban J connectivity index is 0.000000671. The number of rotatable bonds is 3. The Morgan fingerprint density at radius 3 is 2.25 bits per heavy atom. The van der Waals surface area contributed by atoms with Gasteiger partial charge in [0.2, 0.25) is 0 Å². The zero-order valence-electron chi connectivity index (χ0n) is 14.6. The summed E-state index contributed by atoms with van der Waals surface area (Å²) in [7, 11) is 0. The Bertz CT molecular complexity index is 790. The number of benzene rings is 1. The lowest BCUT2D eigenvalue weighted by Crippen LogP contribution is -1.96. The van der Waals surface area contributed by atoms with Crippen LogP contribution >= 0.6 is 0 Å². The normalized spacial score (nSPS) is 9.83. The summed E-state index contributed by atoms with van der Waals surface area (Å²) in [5.41, 5.74) is 2.68. The summed E-state index contributed by atoms with van der Waals surface area (Å²) in [5.74, 6) is -0.271. The zero-order valence-corrected chi connectivity index (χ0v) is 14.6. The standard InChI is InChI=1S/C16H12N2O2.2C2H6/c19-11-9-14(20)15-13-8-4-5-10-18(13)17-16(15)12-6-2-1-3-7-12;2*1-2/h1-11,19H;2*1-2H3. The lowest BCUT2D eigenvalue weighted by Gasteiger charge is -1.99. The van der Waals surface area contributed by atoms with Crippen LogP contribution in [-0.4, -0.2) is 20.5 Å². The summed E-state index contributed by atoms with van der Waals surface area (Å²) >= 11 is 0. The molecule has 0 saturated carbocycles. The number of aliphatic hydroxyl groups excluding tert-OH is 1. The molecule has 3 aromatic rings. The van der Waals surface area contributed by atoms with Crippen LogP contribution in [0.5, 0.6) is 0 Å². The lowest BCUT2D eigenvalue weighted by molar-refractivity contribution is 0.104. The summed E-state index contributed by atoms with van der Waals surface area (Å²) in [6, 6.07) is 15.1. The Hall–Kier alpha value is -2.88. The molecule has 0 amide bonds. The van der Waals surface area contributed by atoms with Crippen LogP contribution in [0.4, 0.5) is 0 Å². The first-order chi connectivity index (χ1) is 11.8. The molecule has 0 radical (unpaired) electrons. The van der Waals surface area contributed by atoms with E-state index in [1.54, 1.807) is 10.7 Å². The van der Waals surface area contributed by atoms with Crippen molar-refractivity contribution in [1.29, 1.82) is 0 Å². The van der Waals surface area contributed by atoms with Gasteiger partial charge in [-0.05, 0) is 12.1 Å². The number of carbonyl (C=O) groups excluding carboxylic acids is 1. The van der Waals surface area contributed by atoms with Gasteiger partial charge in [-0.2, -0.15) is 5.10 Å². The summed E-state index contributed by atoms with van der Waals surface area (Å²) in [6.45, 7) is 8.00. The third-order valence-corrected chi connectivity index (χ3v) is 3.06. The molecular formula is C20H24N2O2. The average molecular weight is 324 g/mol. The Morgan fingerprint density at radius 1 is 1.00 bits per heavy atom. The van der Waals surface area contributed by atoms with Crippen molar-refractivity contribution in [1.82, 2.24) is 9.61 Å². The summed E-state index contributed by atoms with van der Waals surface area (Å²) in [4.78, 5) is 12.2. The third kappa shape index (κ3) is 4.10. The highest BCUT2D eigenvalue weighted by molar-refractivity contribution is 6.13. The van der Waals surface area contributed by atoms with E-state index in [9.17, 15) is 4.79 Å². The van der Waals surface area contributed by atoms with Crippen molar-refractivity contribution in [3.63, 3.8) is 0 Å². The first-order valence-corrected chi connectivity index (χ1v) is 8.19. The van der Waals surface area contributed by atoms with E-state index in [1.807, 2.05) is 76.2 Å². The molecule has 24 heavy (non-hydrogen) atoms.